The molecule has 0 aliphatic carbocycles. The van der Waals surface area contributed by atoms with Crippen LogP contribution in [-0.2, 0) is 11.2 Å². The van der Waals surface area contributed by atoms with E-state index in [4.69, 9.17) is 14.5 Å². The number of amides is 1. The van der Waals surface area contributed by atoms with Gasteiger partial charge in [-0.15, -0.1) is 11.8 Å². The van der Waals surface area contributed by atoms with Crippen molar-refractivity contribution in [3.63, 3.8) is 0 Å². The Morgan fingerprint density at radius 2 is 1.85 bits per heavy atom. The number of fused-ring (bicyclic) bond motifs is 1. The second-order valence-electron chi connectivity index (χ2n) is 8.20. The third-order valence-electron chi connectivity index (χ3n) is 5.35. The van der Waals surface area contributed by atoms with Gasteiger partial charge in [0, 0.05) is 23.4 Å². The molecular weight excluding hydrogens is 470 g/mol. The van der Waals surface area contributed by atoms with Crippen LogP contribution in [0.5, 0.6) is 11.5 Å². The third kappa shape index (κ3) is 5.10. The summed E-state index contributed by atoms with van der Waals surface area (Å²) in [4.78, 5) is 31.7. The molecule has 0 saturated heterocycles. The van der Waals surface area contributed by atoms with Crippen molar-refractivity contribution in [2.75, 3.05) is 25.3 Å². The molecule has 2 aromatic carbocycles. The molecule has 1 aliphatic rings. The molecule has 1 amide bonds. The highest BCUT2D eigenvalue weighted by Gasteiger charge is 2.27. The standard InChI is InChI=1S/C25H27N3O4S2/c1-14-8-15(2)10-18(9-14)28-24(30)23-19(11-16(3)34-23)27-25(28)33-13-22(29)26-17-6-7-20(31-4)21(12-17)32-5/h6-10,12,16H,11,13H2,1-5H3,(H,26,29). The summed E-state index contributed by atoms with van der Waals surface area (Å²) in [5.74, 6) is 1.01. The predicted octanol–water partition coefficient (Wildman–Crippen LogP) is 4.63. The van der Waals surface area contributed by atoms with Gasteiger partial charge < -0.3 is 14.8 Å². The van der Waals surface area contributed by atoms with E-state index in [1.54, 1.807) is 48.7 Å². The van der Waals surface area contributed by atoms with Crippen molar-refractivity contribution in [1.29, 1.82) is 0 Å². The van der Waals surface area contributed by atoms with Gasteiger partial charge in [0.2, 0.25) is 5.91 Å². The molecule has 1 N–H and O–H groups in total. The molecule has 2 heterocycles. The molecule has 34 heavy (non-hydrogen) atoms. The normalized spacial score (nSPS) is 14.6. The first kappa shape index (κ1) is 24.2. The molecule has 3 aromatic rings. The fourth-order valence-corrected chi connectivity index (χ4v) is 5.87. The molecule has 0 saturated carbocycles. The summed E-state index contributed by atoms with van der Waals surface area (Å²) in [6.45, 7) is 6.10. The zero-order valence-corrected chi connectivity index (χ0v) is 21.4. The molecule has 0 radical (unpaired) electrons. The van der Waals surface area contributed by atoms with E-state index in [1.165, 1.54) is 11.8 Å². The van der Waals surface area contributed by atoms with Crippen LogP contribution in [0.2, 0.25) is 0 Å². The summed E-state index contributed by atoms with van der Waals surface area (Å²) in [5.41, 5.74) is 4.22. The Morgan fingerprint density at radius 1 is 1.15 bits per heavy atom. The summed E-state index contributed by atoms with van der Waals surface area (Å²) in [6.07, 6.45) is 0.744. The van der Waals surface area contributed by atoms with Crippen molar-refractivity contribution in [2.45, 2.75) is 42.5 Å². The Morgan fingerprint density at radius 3 is 2.53 bits per heavy atom. The first-order valence-electron chi connectivity index (χ1n) is 10.8. The lowest BCUT2D eigenvalue weighted by molar-refractivity contribution is -0.113. The molecule has 1 unspecified atom stereocenters. The van der Waals surface area contributed by atoms with Gasteiger partial charge in [-0.1, -0.05) is 24.8 Å². The minimum atomic E-state index is -0.207. The van der Waals surface area contributed by atoms with E-state index >= 15 is 0 Å². The van der Waals surface area contributed by atoms with Crippen molar-refractivity contribution >= 4 is 35.1 Å². The first-order valence-corrected chi connectivity index (χ1v) is 12.7. The fourth-order valence-electron chi connectivity index (χ4n) is 3.95. The van der Waals surface area contributed by atoms with Crippen LogP contribution in [0.3, 0.4) is 0 Å². The lowest BCUT2D eigenvalue weighted by atomic mass is 10.1. The maximum Gasteiger partial charge on any atom is 0.272 e. The Labute approximate surface area is 207 Å². The number of hydrogen-bond acceptors (Lipinski definition) is 7. The van der Waals surface area contributed by atoms with Gasteiger partial charge in [0.1, 0.15) is 0 Å². The molecule has 1 aliphatic heterocycles. The number of benzene rings is 2. The van der Waals surface area contributed by atoms with Crippen LogP contribution in [0.4, 0.5) is 5.69 Å². The van der Waals surface area contributed by atoms with E-state index in [1.807, 2.05) is 26.0 Å². The van der Waals surface area contributed by atoms with E-state index in [2.05, 4.69) is 18.3 Å². The van der Waals surface area contributed by atoms with Gasteiger partial charge in [-0.05, 0) is 49.2 Å². The van der Waals surface area contributed by atoms with Gasteiger partial charge in [-0.2, -0.15) is 0 Å². The fraction of sp³-hybridized carbons (Fsp3) is 0.320. The molecule has 0 bridgehead atoms. The van der Waals surface area contributed by atoms with Gasteiger partial charge in [-0.3, -0.25) is 14.2 Å². The second kappa shape index (κ2) is 10.1. The summed E-state index contributed by atoms with van der Waals surface area (Å²) in [5, 5.41) is 3.70. The highest BCUT2D eigenvalue weighted by molar-refractivity contribution is 8.00. The zero-order chi connectivity index (χ0) is 24.4. The average Bonchev–Trinajstić information content (AvgIpc) is 3.17. The quantitative estimate of drug-likeness (QED) is 0.376. The molecule has 7 nitrogen and oxygen atoms in total. The van der Waals surface area contributed by atoms with E-state index in [-0.39, 0.29) is 17.2 Å². The van der Waals surface area contributed by atoms with Crippen LogP contribution < -0.4 is 20.3 Å². The highest BCUT2D eigenvalue weighted by atomic mass is 32.2. The largest absolute Gasteiger partial charge is 0.493 e. The Hall–Kier alpha value is -2.91. The number of nitrogens with zero attached hydrogens (tertiary/aromatic N) is 2. The second-order valence-corrected chi connectivity index (χ2v) is 10.6. The number of carbonyl (C=O) groups excluding carboxylic acids is 1. The van der Waals surface area contributed by atoms with Gasteiger partial charge in [0.15, 0.2) is 16.7 Å². The molecular formula is C25H27N3O4S2. The average molecular weight is 498 g/mol. The summed E-state index contributed by atoms with van der Waals surface area (Å²) < 4.78 is 12.2. The molecule has 1 aromatic heterocycles. The number of anilines is 1. The van der Waals surface area contributed by atoms with Crippen LogP contribution >= 0.6 is 23.5 Å². The Balaban J connectivity index is 1.61. The van der Waals surface area contributed by atoms with Gasteiger partial charge in [0.05, 0.1) is 36.2 Å². The minimum absolute atomic E-state index is 0.0767. The summed E-state index contributed by atoms with van der Waals surface area (Å²) in [7, 11) is 3.11. The molecule has 178 valence electrons. The molecule has 1 atom stereocenters. The van der Waals surface area contributed by atoms with Crippen molar-refractivity contribution in [3.8, 4) is 17.2 Å². The number of aryl methyl sites for hydroxylation is 2. The monoisotopic (exact) mass is 497 g/mol. The van der Waals surface area contributed by atoms with Gasteiger partial charge >= 0.3 is 0 Å². The summed E-state index contributed by atoms with van der Waals surface area (Å²) >= 11 is 2.82. The molecule has 0 fully saturated rings. The van der Waals surface area contributed by atoms with E-state index in [0.29, 0.717) is 32.5 Å². The number of nitrogens with one attached hydrogen (secondary N) is 1. The third-order valence-corrected chi connectivity index (χ3v) is 7.50. The van der Waals surface area contributed by atoms with Crippen LogP contribution in [0.25, 0.3) is 5.69 Å². The van der Waals surface area contributed by atoms with E-state index < -0.39 is 0 Å². The first-order chi connectivity index (χ1) is 16.3. The maximum absolute atomic E-state index is 13.5. The van der Waals surface area contributed by atoms with Crippen molar-refractivity contribution in [2.24, 2.45) is 0 Å². The topological polar surface area (TPSA) is 82.5 Å². The minimum Gasteiger partial charge on any atom is -0.493 e. The van der Waals surface area contributed by atoms with E-state index in [0.717, 1.165) is 28.9 Å². The predicted molar refractivity (Wildman–Crippen MR) is 137 cm³/mol. The zero-order valence-electron chi connectivity index (χ0n) is 19.8. The molecule has 9 heteroatoms. The lowest BCUT2D eigenvalue weighted by Crippen LogP contribution is -2.25. The smallest absolute Gasteiger partial charge is 0.272 e. The Bertz CT molecular complexity index is 1290. The summed E-state index contributed by atoms with van der Waals surface area (Å²) in [6, 6.07) is 11.2. The number of rotatable bonds is 7. The van der Waals surface area contributed by atoms with Crippen molar-refractivity contribution < 1.29 is 14.3 Å². The number of ether oxygens (including phenoxy) is 2. The number of methoxy groups -OCH3 is 2. The number of carbonyl (C=O) groups is 1. The maximum atomic E-state index is 13.5. The molecule has 4 rings (SSSR count). The molecule has 0 spiro atoms. The van der Waals surface area contributed by atoms with Crippen LogP contribution in [0.15, 0.2) is 51.2 Å². The highest BCUT2D eigenvalue weighted by Crippen LogP contribution is 2.35. The van der Waals surface area contributed by atoms with Gasteiger partial charge in [0.25, 0.3) is 5.56 Å². The van der Waals surface area contributed by atoms with Crippen LogP contribution in [-0.4, -0.2) is 40.7 Å². The van der Waals surface area contributed by atoms with Crippen molar-refractivity contribution in [1.82, 2.24) is 9.55 Å². The number of hydrogen-bond donors (Lipinski definition) is 1. The van der Waals surface area contributed by atoms with E-state index in [9.17, 15) is 9.59 Å². The van der Waals surface area contributed by atoms with Crippen LogP contribution in [0, 0.1) is 13.8 Å². The Kier molecular flexibility index (Phi) is 7.23. The number of aromatic nitrogens is 2. The number of thioether (sulfide) groups is 2. The van der Waals surface area contributed by atoms with Crippen LogP contribution in [0.1, 0.15) is 23.7 Å². The SMILES string of the molecule is COc1ccc(NC(=O)CSc2nc3c(c(=O)n2-c2cc(C)cc(C)c2)SC(C)C3)cc1OC. The van der Waals surface area contributed by atoms with Crippen molar-refractivity contribution in [3.05, 3.63) is 63.6 Å². The lowest BCUT2D eigenvalue weighted by Gasteiger charge is -2.15. The van der Waals surface area contributed by atoms with Gasteiger partial charge in [-0.25, -0.2) is 4.98 Å².